The summed E-state index contributed by atoms with van der Waals surface area (Å²) in [5, 5.41) is 4.69. The molecule has 0 bridgehead atoms. The normalized spacial score (nSPS) is 12.5. The van der Waals surface area contributed by atoms with Gasteiger partial charge in [-0.05, 0) is 19.1 Å². The lowest BCUT2D eigenvalue weighted by molar-refractivity contribution is 0.619. The van der Waals surface area contributed by atoms with E-state index in [1.807, 2.05) is 43.0 Å². The second-order valence-corrected chi connectivity index (χ2v) is 4.68. The monoisotopic (exact) mass is 252 g/mol. The summed E-state index contributed by atoms with van der Waals surface area (Å²) in [6.45, 7) is 3.05. The molecule has 4 heteroatoms. The number of aromatic nitrogens is 3. The first-order chi connectivity index (χ1) is 9.33. The SMILES string of the molecule is CC(Cn1ccnc1)Nc1ccnc2ccccc12. The minimum absolute atomic E-state index is 0.319. The van der Waals surface area contributed by atoms with E-state index in [0.29, 0.717) is 6.04 Å². The molecule has 0 radical (unpaired) electrons. The van der Waals surface area contributed by atoms with Gasteiger partial charge in [0, 0.05) is 42.3 Å². The number of nitrogens with one attached hydrogen (secondary N) is 1. The zero-order valence-corrected chi connectivity index (χ0v) is 10.8. The lowest BCUT2D eigenvalue weighted by Gasteiger charge is -2.17. The molecule has 4 nitrogen and oxygen atoms in total. The van der Waals surface area contributed by atoms with E-state index in [4.69, 9.17) is 0 Å². The van der Waals surface area contributed by atoms with Crippen LogP contribution in [0.25, 0.3) is 10.9 Å². The third kappa shape index (κ3) is 2.57. The van der Waals surface area contributed by atoms with E-state index in [9.17, 15) is 0 Å². The zero-order chi connectivity index (χ0) is 13.1. The second-order valence-electron chi connectivity index (χ2n) is 4.68. The smallest absolute Gasteiger partial charge is 0.0946 e. The second kappa shape index (κ2) is 5.10. The zero-order valence-electron chi connectivity index (χ0n) is 10.8. The van der Waals surface area contributed by atoms with Gasteiger partial charge in [0.15, 0.2) is 0 Å². The van der Waals surface area contributed by atoms with Gasteiger partial charge in [-0.25, -0.2) is 4.98 Å². The Labute approximate surface area is 112 Å². The lowest BCUT2D eigenvalue weighted by atomic mass is 10.1. The Kier molecular flexibility index (Phi) is 3.14. The van der Waals surface area contributed by atoms with Crippen LogP contribution >= 0.6 is 0 Å². The molecule has 0 amide bonds. The number of para-hydroxylation sites is 1. The van der Waals surface area contributed by atoms with E-state index < -0.39 is 0 Å². The van der Waals surface area contributed by atoms with E-state index in [-0.39, 0.29) is 0 Å². The first-order valence-electron chi connectivity index (χ1n) is 6.39. The molecule has 3 aromatic rings. The largest absolute Gasteiger partial charge is 0.380 e. The van der Waals surface area contributed by atoms with Crippen LogP contribution in [-0.2, 0) is 6.54 Å². The van der Waals surface area contributed by atoms with E-state index in [2.05, 4.69) is 32.8 Å². The molecule has 0 aliphatic carbocycles. The first kappa shape index (κ1) is 11.7. The summed E-state index contributed by atoms with van der Waals surface area (Å²) in [4.78, 5) is 8.43. The molecule has 3 rings (SSSR count). The van der Waals surface area contributed by atoms with Crippen LogP contribution in [0.4, 0.5) is 5.69 Å². The van der Waals surface area contributed by atoms with Gasteiger partial charge in [-0.3, -0.25) is 4.98 Å². The fourth-order valence-corrected chi connectivity index (χ4v) is 2.24. The van der Waals surface area contributed by atoms with Crippen LogP contribution in [0.5, 0.6) is 0 Å². The average Bonchev–Trinajstić information content (AvgIpc) is 2.92. The summed E-state index contributed by atoms with van der Waals surface area (Å²) >= 11 is 0. The van der Waals surface area contributed by atoms with Crippen LogP contribution in [0.3, 0.4) is 0 Å². The Morgan fingerprint density at radius 3 is 2.95 bits per heavy atom. The minimum Gasteiger partial charge on any atom is -0.380 e. The van der Waals surface area contributed by atoms with Gasteiger partial charge in [0.05, 0.1) is 11.8 Å². The van der Waals surface area contributed by atoms with Crippen molar-refractivity contribution in [3.8, 4) is 0 Å². The lowest BCUT2D eigenvalue weighted by Crippen LogP contribution is -2.21. The molecule has 2 aromatic heterocycles. The summed E-state index contributed by atoms with van der Waals surface area (Å²) in [5.41, 5.74) is 2.14. The quantitative estimate of drug-likeness (QED) is 0.776. The van der Waals surface area contributed by atoms with E-state index in [0.717, 1.165) is 23.1 Å². The Balaban J connectivity index is 1.81. The number of nitrogens with zero attached hydrogens (tertiary/aromatic N) is 3. The molecular weight excluding hydrogens is 236 g/mol. The number of rotatable bonds is 4. The van der Waals surface area contributed by atoms with Gasteiger partial charge < -0.3 is 9.88 Å². The van der Waals surface area contributed by atoms with Crippen LogP contribution < -0.4 is 5.32 Å². The summed E-state index contributed by atoms with van der Waals surface area (Å²) in [6.07, 6.45) is 7.45. The minimum atomic E-state index is 0.319. The highest BCUT2D eigenvalue weighted by atomic mass is 15.1. The van der Waals surface area contributed by atoms with Gasteiger partial charge in [-0.1, -0.05) is 18.2 Å². The van der Waals surface area contributed by atoms with Crippen LogP contribution in [0.1, 0.15) is 6.92 Å². The highest BCUT2D eigenvalue weighted by Crippen LogP contribution is 2.21. The van der Waals surface area contributed by atoms with Crippen molar-refractivity contribution in [2.75, 3.05) is 5.32 Å². The number of benzene rings is 1. The topological polar surface area (TPSA) is 42.7 Å². The van der Waals surface area contributed by atoms with Gasteiger partial charge in [0.2, 0.25) is 0 Å². The van der Waals surface area contributed by atoms with Gasteiger partial charge in [0.1, 0.15) is 0 Å². The Morgan fingerprint density at radius 1 is 1.21 bits per heavy atom. The number of pyridine rings is 1. The van der Waals surface area contributed by atoms with E-state index in [1.165, 1.54) is 0 Å². The molecular formula is C15H16N4. The summed E-state index contributed by atoms with van der Waals surface area (Å²) in [6, 6.07) is 10.5. The van der Waals surface area contributed by atoms with Crippen molar-refractivity contribution in [3.05, 3.63) is 55.2 Å². The average molecular weight is 252 g/mol. The van der Waals surface area contributed by atoms with Crippen molar-refractivity contribution >= 4 is 16.6 Å². The highest BCUT2D eigenvalue weighted by molar-refractivity contribution is 5.90. The summed E-state index contributed by atoms with van der Waals surface area (Å²) in [7, 11) is 0. The van der Waals surface area contributed by atoms with Crippen molar-refractivity contribution in [2.45, 2.75) is 19.5 Å². The molecule has 19 heavy (non-hydrogen) atoms. The number of anilines is 1. The molecule has 1 atom stereocenters. The standard InChI is InChI=1S/C15H16N4/c1-12(10-19-9-8-16-11-19)18-15-6-7-17-14-5-3-2-4-13(14)15/h2-9,11-12H,10H2,1H3,(H,17,18). The number of fused-ring (bicyclic) bond motifs is 1. The first-order valence-corrected chi connectivity index (χ1v) is 6.39. The molecule has 2 heterocycles. The molecule has 0 aliphatic heterocycles. The third-order valence-electron chi connectivity index (χ3n) is 3.09. The third-order valence-corrected chi connectivity index (χ3v) is 3.09. The molecule has 96 valence electrons. The van der Waals surface area contributed by atoms with Crippen molar-refractivity contribution in [1.29, 1.82) is 0 Å². The summed E-state index contributed by atoms with van der Waals surface area (Å²) < 4.78 is 2.07. The van der Waals surface area contributed by atoms with Crippen molar-refractivity contribution in [3.63, 3.8) is 0 Å². The summed E-state index contributed by atoms with van der Waals surface area (Å²) in [5.74, 6) is 0. The van der Waals surface area contributed by atoms with Crippen molar-refractivity contribution in [2.24, 2.45) is 0 Å². The van der Waals surface area contributed by atoms with Gasteiger partial charge >= 0.3 is 0 Å². The van der Waals surface area contributed by atoms with Crippen molar-refractivity contribution < 1.29 is 0 Å². The predicted octanol–water partition coefficient (Wildman–Crippen LogP) is 2.93. The van der Waals surface area contributed by atoms with E-state index >= 15 is 0 Å². The maximum absolute atomic E-state index is 4.37. The number of imidazole rings is 1. The fraction of sp³-hybridized carbons (Fsp3) is 0.200. The Hall–Kier alpha value is -2.36. The molecule has 1 aromatic carbocycles. The van der Waals surface area contributed by atoms with Gasteiger partial charge in [0.25, 0.3) is 0 Å². The molecule has 1 unspecified atom stereocenters. The molecule has 0 fully saturated rings. The molecule has 0 spiro atoms. The predicted molar refractivity (Wildman–Crippen MR) is 77.1 cm³/mol. The van der Waals surface area contributed by atoms with Crippen LogP contribution in [0, 0.1) is 0 Å². The molecule has 0 saturated heterocycles. The maximum Gasteiger partial charge on any atom is 0.0946 e. The van der Waals surface area contributed by atoms with Crippen LogP contribution in [0.2, 0.25) is 0 Å². The Morgan fingerprint density at radius 2 is 2.11 bits per heavy atom. The highest BCUT2D eigenvalue weighted by Gasteiger charge is 2.06. The molecule has 0 saturated carbocycles. The van der Waals surface area contributed by atoms with Gasteiger partial charge in [-0.2, -0.15) is 0 Å². The van der Waals surface area contributed by atoms with Gasteiger partial charge in [-0.15, -0.1) is 0 Å². The Bertz CT molecular complexity index is 655. The molecule has 0 aliphatic rings. The van der Waals surface area contributed by atoms with Crippen LogP contribution in [-0.4, -0.2) is 20.6 Å². The maximum atomic E-state index is 4.37. The van der Waals surface area contributed by atoms with E-state index in [1.54, 1.807) is 6.20 Å². The van der Waals surface area contributed by atoms with Crippen molar-refractivity contribution in [1.82, 2.24) is 14.5 Å². The fourth-order valence-electron chi connectivity index (χ4n) is 2.24. The van der Waals surface area contributed by atoms with Crippen LogP contribution in [0.15, 0.2) is 55.2 Å². The molecule has 1 N–H and O–H groups in total. The number of hydrogen-bond donors (Lipinski definition) is 1. The number of hydrogen-bond acceptors (Lipinski definition) is 3.